The third-order valence-corrected chi connectivity index (χ3v) is 5.71. The Kier molecular flexibility index (Phi) is 4.17. The topological polar surface area (TPSA) is 20.3 Å². The van der Waals surface area contributed by atoms with Crippen molar-refractivity contribution in [2.75, 3.05) is 14.1 Å². The van der Waals surface area contributed by atoms with E-state index in [0.717, 1.165) is 24.3 Å². The van der Waals surface area contributed by atoms with Crippen LogP contribution in [-0.4, -0.2) is 30.3 Å². The van der Waals surface area contributed by atoms with Crippen molar-refractivity contribution in [2.24, 2.45) is 0 Å². The number of hydrogen-bond donors (Lipinski definition) is 0. The number of ketones is 1. The molecule has 0 radical (unpaired) electrons. The van der Waals surface area contributed by atoms with Crippen LogP contribution in [0.25, 0.3) is 0 Å². The molecular formula is C19H27NO. The van der Waals surface area contributed by atoms with Crippen LogP contribution in [0.15, 0.2) is 24.3 Å². The summed E-state index contributed by atoms with van der Waals surface area (Å²) in [6.07, 6.45) is 9.60. The summed E-state index contributed by atoms with van der Waals surface area (Å²) in [6, 6.07) is 8.50. The highest BCUT2D eigenvalue weighted by Crippen LogP contribution is 2.38. The van der Waals surface area contributed by atoms with Crippen LogP contribution < -0.4 is 0 Å². The Morgan fingerprint density at radius 2 is 1.62 bits per heavy atom. The second-order valence-electron chi connectivity index (χ2n) is 7.07. The molecule has 0 spiro atoms. The van der Waals surface area contributed by atoms with Gasteiger partial charge in [-0.05, 0) is 51.3 Å². The molecule has 1 aromatic rings. The average Bonchev–Trinajstić information content (AvgIpc) is 2.46. The van der Waals surface area contributed by atoms with Crippen molar-refractivity contribution >= 4 is 5.78 Å². The summed E-state index contributed by atoms with van der Waals surface area (Å²) in [5.41, 5.74) is 2.05. The van der Waals surface area contributed by atoms with Gasteiger partial charge in [-0.15, -0.1) is 0 Å². The highest BCUT2D eigenvalue weighted by Gasteiger charge is 2.41. The molecule has 2 aliphatic carbocycles. The summed E-state index contributed by atoms with van der Waals surface area (Å²) in [4.78, 5) is 15.2. The predicted molar refractivity (Wildman–Crippen MR) is 86.9 cm³/mol. The van der Waals surface area contributed by atoms with E-state index in [9.17, 15) is 4.79 Å². The largest absolute Gasteiger partial charge is 0.297 e. The van der Waals surface area contributed by atoms with E-state index < -0.39 is 0 Å². The maximum Gasteiger partial charge on any atom is 0.183 e. The molecule has 3 rings (SSSR count). The van der Waals surface area contributed by atoms with Crippen LogP contribution >= 0.6 is 0 Å². The van der Waals surface area contributed by atoms with Crippen LogP contribution in [0.4, 0.5) is 0 Å². The number of carbonyl (C=O) groups excluding carboxylic acids is 1. The van der Waals surface area contributed by atoms with E-state index in [1.54, 1.807) is 0 Å². The molecule has 0 amide bonds. The Morgan fingerprint density at radius 3 is 2.10 bits per heavy atom. The fraction of sp³-hybridized carbons (Fsp3) is 0.632. The first-order valence-corrected chi connectivity index (χ1v) is 8.46. The Labute approximate surface area is 128 Å². The normalized spacial score (nSPS) is 22.0. The van der Waals surface area contributed by atoms with Crippen LogP contribution in [-0.2, 0) is 0 Å². The highest BCUT2D eigenvalue weighted by atomic mass is 16.1. The molecule has 2 saturated carbocycles. The fourth-order valence-corrected chi connectivity index (χ4v) is 3.93. The molecule has 0 aromatic heterocycles. The Balaban J connectivity index is 1.82. The van der Waals surface area contributed by atoms with Crippen LogP contribution in [0.3, 0.4) is 0 Å². The Morgan fingerprint density at radius 1 is 1.00 bits per heavy atom. The fourth-order valence-electron chi connectivity index (χ4n) is 3.93. The first-order chi connectivity index (χ1) is 10.1. The molecule has 2 heteroatoms. The third kappa shape index (κ3) is 2.66. The average molecular weight is 285 g/mol. The SMILES string of the molecule is CN(C)C1(C(=O)c2ccc(C3CCC3)cc2)CCCCC1. The van der Waals surface area contributed by atoms with E-state index in [-0.39, 0.29) is 5.54 Å². The number of rotatable bonds is 4. The molecule has 2 aliphatic rings. The molecular weight excluding hydrogens is 258 g/mol. The second-order valence-corrected chi connectivity index (χ2v) is 7.07. The van der Waals surface area contributed by atoms with Crippen LogP contribution in [0.5, 0.6) is 0 Å². The minimum atomic E-state index is -0.268. The zero-order valence-electron chi connectivity index (χ0n) is 13.4. The van der Waals surface area contributed by atoms with Crippen LogP contribution in [0.1, 0.15) is 73.2 Å². The lowest BCUT2D eigenvalue weighted by molar-refractivity contribution is 0.0564. The van der Waals surface area contributed by atoms with Crippen molar-refractivity contribution in [1.82, 2.24) is 4.90 Å². The Hall–Kier alpha value is -1.15. The van der Waals surface area contributed by atoms with Gasteiger partial charge in [0.25, 0.3) is 0 Å². The van der Waals surface area contributed by atoms with Gasteiger partial charge in [-0.2, -0.15) is 0 Å². The molecule has 2 fully saturated rings. The molecule has 0 unspecified atom stereocenters. The molecule has 1 aromatic carbocycles. The van der Waals surface area contributed by atoms with Crippen molar-refractivity contribution in [3.05, 3.63) is 35.4 Å². The zero-order valence-corrected chi connectivity index (χ0v) is 13.4. The lowest BCUT2D eigenvalue weighted by Crippen LogP contribution is -2.52. The molecule has 0 N–H and O–H groups in total. The molecule has 21 heavy (non-hydrogen) atoms. The van der Waals surface area contributed by atoms with Gasteiger partial charge in [0, 0.05) is 5.56 Å². The van der Waals surface area contributed by atoms with Gasteiger partial charge in [-0.3, -0.25) is 9.69 Å². The minimum absolute atomic E-state index is 0.268. The number of hydrogen-bond acceptors (Lipinski definition) is 2. The maximum absolute atomic E-state index is 13.1. The number of Topliss-reactive ketones (excluding diaryl/α,β-unsaturated/α-hetero) is 1. The van der Waals surface area contributed by atoms with E-state index in [0.29, 0.717) is 5.78 Å². The highest BCUT2D eigenvalue weighted by molar-refractivity contribution is 6.03. The molecule has 0 aliphatic heterocycles. The van der Waals surface area contributed by atoms with Gasteiger partial charge < -0.3 is 0 Å². The molecule has 0 saturated heterocycles. The molecule has 0 bridgehead atoms. The summed E-state index contributed by atoms with van der Waals surface area (Å²) < 4.78 is 0. The van der Waals surface area contributed by atoms with Gasteiger partial charge in [0.1, 0.15) is 0 Å². The lowest BCUT2D eigenvalue weighted by atomic mass is 9.75. The van der Waals surface area contributed by atoms with E-state index in [1.807, 2.05) is 0 Å². The van der Waals surface area contributed by atoms with E-state index >= 15 is 0 Å². The van der Waals surface area contributed by atoms with Gasteiger partial charge in [-0.1, -0.05) is 49.9 Å². The van der Waals surface area contributed by atoms with Crippen molar-refractivity contribution < 1.29 is 4.79 Å². The van der Waals surface area contributed by atoms with Crippen LogP contribution in [0.2, 0.25) is 0 Å². The van der Waals surface area contributed by atoms with E-state index in [1.165, 1.54) is 44.1 Å². The maximum atomic E-state index is 13.1. The third-order valence-electron chi connectivity index (χ3n) is 5.71. The monoisotopic (exact) mass is 285 g/mol. The minimum Gasteiger partial charge on any atom is -0.297 e. The Bertz CT molecular complexity index is 493. The van der Waals surface area contributed by atoms with E-state index in [4.69, 9.17) is 0 Å². The zero-order chi connectivity index (χ0) is 14.9. The standard InChI is InChI=1S/C19H27NO/c1-20(2)19(13-4-3-5-14-19)18(21)17-11-9-16(10-12-17)15-7-6-8-15/h9-12,15H,3-8,13-14H2,1-2H3. The predicted octanol–water partition coefficient (Wildman–Crippen LogP) is 4.40. The van der Waals surface area contributed by atoms with Crippen molar-refractivity contribution in [3.63, 3.8) is 0 Å². The molecule has 0 heterocycles. The quantitative estimate of drug-likeness (QED) is 0.764. The summed E-state index contributed by atoms with van der Waals surface area (Å²) in [7, 11) is 4.12. The van der Waals surface area contributed by atoms with Gasteiger partial charge in [0.05, 0.1) is 5.54 Å². The van der Waals surface area contributed by atoms with Crippen LogP contribution in [0, 0.1) is 0 Å². The summed E-state index contributed by atoms with van der Waals surface area (Å²) in [5.74, 6) is 1.07. The second kappa shape index (κ2) is 5.92. The summed E-state index contributed by atoms with van der Waals surface area (Å²) in [5, 5.41) is 0. The molecule has 0 atom stereocenters. The number of likely N-dealkylation sites (N-methyl/N-ethyl adjacent to an activating group) is 1. The van der Waals surface area contributed by atoms with Gasteiger partial charge in [-0.25, -0.2) is 0 Å². The number of carbonyl (C=O) groups is 1. The van der Waals surface area contributed by atoms with Crippen molar-refractivity contribution in [3.8, 4) is 0 Å². The van der Waals surface area contributed by atoms with E-state index in [2.05, 4.69) is 43.3 Å². The smallest absolute Gasteiger partial charge is 0.183 e. The van der Waals surface area contributed by atoms with Crippen molar-refractivity contribution in [1.29, 1.82) is 0 Å². The van der Waals surface area contributed by atoms with Gasteiger partial charge in [0.15, 0.2) is 5.78 Å². The molecule has 2 nitrogen and oxygen atoms in total. The summed E-state index contributed by atoms with van der Waals surface area (Å²) >= 11 is 0. The van der Waals surface area contributed by atoms with Crippen molar-refractivity contribution in [2.45, 2.75) is 62.8 Å². The first kappa shape index (κ1) is 14.8. The number of nitrogens with zero attached hydrogens (tertiary/aromatic N) is 1. The lowest BCUT2D eigenvalue weighted by Gasteiger charge is -2.41. The van der Waals surface area contributed by atoms with Gasteiger partial charge in [0.2, 0.25) is 0 Å². The molecule has 114 valence electrons. The first-order valence-electron chi connectivity index (χ1n) is 8.46. The summed E-state index contributed by atoms with van der Waals surface area (Å²) in [6.45, 7) is 0. The number of benzene rings is 1. The van der Waals surface area contributed by atoms with Gasteiger partial charge >= 0.3 is 0 Å².